The van der Waals surface area contributed by atoms with Gasteiger partial charge >= 0.3 is 0 Å². The highest BCUT2D eigenvalue weighted by molar-refractivity contribution is 5.72. The Morgan fingerprint density at radius 3 is 1.67 bits per heavy atom. The summed E-state index contributed by atoms with van der Waals surface area (Å²) in [5, 5.41) is 21.1. The molecule has 0 aliphatic rings. The van der Waals surface area contributed by atoms with Crippen LogP contribution in [0.5, 0.6) is 11.5 Å². The lowest BCUT2D eigenvalue weighted by molar-refractivity contribution is 0.00391. The fraction of sp³-hybridized carbons (Fsp3) is 0.344. The summed E-state index contributed by atoms with van der Waals surface area (Å²) in [5.74, 6) is 2.23. The van der Waals surface area contributed by atoms with Crippen molar-refractivity contribution in [2.45, 2.75) is 47.6 Å². The number of rotatable bonds is 10. The van der Waals surface area contributed by atoms with Crippen LogP contribution in [-0.4, -0.2) is 51.1 Å². The number of phenolic OH excluding ortho intramolecular Hbond substituents is 1. The molecule has 0 radical (unpaired) electrons. The van der Waals surface area contributed by atoms with Gasteiger partial charge in [0, 0.05) is 23.8 Å². The minimum Gasteiger partial charge on any atom is -0.507 e. The van der Waals surface area contributed by atoms with E-state index in [0.29, 0.717) is 41.3 Å². The number of aliphatic hydroxyl groups excluding tert-OH is 1. The molecule has 0 aliphatic carbocycles. The van der Waals surface area contributed by atoms with Crippen LogP contribution >= 0.6 is 0 Å². The number of aromatic nitrogens is 3. The fourth-order valence-electron chi connectivity index (χ4n) is 4.34. The first-order valence-electron chi connectivity index (χ1n) is 13.2. The number of phenols is 1. The fourth-order valence-corrected chi connectivity index (χ4v) is 4.34. The molecule has 0 fully saturated rings. The van der Waals surface area contributed by atoms with E-state index in [4.69, 9.17) is 24.4 Å². The molecule has 2 N–H and O–H groups in total. The van der Waals surface area contributed by atoms with Crippen molar-refractivity contribution >= 4 is 0 Å². The second-order valence-electron chi connectivity index (χ2n) is 10.5. The molecule has 0 bridgehead atoms. The zero-order chi connectivity index (χ0) is 28.1. The van der Waals surface area contributed by atoms with E-state index < -0.39 is 6.10 Å². The molecule has 0 saturated carbocycles. The van der Waals surface area contributed by atoms with E-state index in [1.54, 1.807) is 12.1 Å². The van der Waals surface area contributed by atoms with Gasteiger partial charge < -0.3 is 19.7 Å². The Kier molecular flexibility index (Phi) is 8.94. The van der Waals surface area contributed by atoms with E-state index in [-0.39, 0.29) is 19.0 Å². The first kappa shape index (κ1) is 28.2. The molecule has 7 nitrogen and oxygen atoms in total. The number of aromatic hydroxyl groups is 1. The second-order valence-corrected chi connectivity index (χ2v) is 10.5. The molecule has 4 aromatic rings. The topological polar surface area (TPSA) is 97.6 Å². The Labute approximate surface area is 230 Å². The Morgan fingerprint density at radius 1 is 0.667 bits per heavy atom. The van der Waals surface area contributed by atoms with E-state index in [1.807, 2.05) is 38.1 Å². The van der Waals surface area contributed by atoms with Gasteiger partial charge in [-0.1, -0.05) is 61.4 Å². The van der Waals surface area contributed by atoms with Gasteiger partial charge in [-0.2, -0.15) is 0 Å². The maximum Gasteiger partial charge on any atom is 0.167 e. The third-order valence-corrected chi connectivity index (χ3v) is 6.29. The predicted molar refractivity (Wildman–Crippen MR) is 154 cm³/mol. The molecule has 1 atom stereocenters. The van der Waals surface area contributed by atoms with Crippen LogP contribution in [0.25, 0.3) is 34.2 Å². The lowest BCUT2D eigenvalue weighted by atomic mass is 10.0. The quantitative estimate of drug-likeness (QED) is 0.252. The summed E-state index contributed by atoms with van der Waals surface area (Å²) >= 11 is 0. The summed E-state index contributed by atoms with van der Waals surface area (Å²) in [4.78, 5) is 14.4. The summed E-state index contributed by atoms with van der Waals surface area (Å²) in [7, 11) is 0. The van der Waals surface area contributed by atoms with Crippen molar-refractivity contribution in [1.82, 2.24) is 15.0 Å². The van der Waals surface area contributed by atoms with Crippen LogP contribution in [0, 0.1) is 33.6 Å². The largest absolute Gasteiger partial charge is 0.507 e. The van der Waals surface area contributed by atoms with Crippen molar-refractivity contribution in [2.75, 3.05) is 19.8 Å². The van der Waals surface area contributed by atoms with Gasteiger partial charge in [0.05, 0.1) is 12.2 Å². The van der Waals surface area contributed by atoms with E-state index in [9.17, 15) is 10.2 Å². The summed E-state index contributed by atoms with van der Waals surface area (Å²) in [6, 6.07) is 17.3. The first-order valence-corrected chi connectivity index (χ1v) is 13.2. The Hall–Kier alpha value is -3.81. The smallest absolute Gasteiger partial charge is 0.167 e. The Morgan fingerprint density at radius 2 is 1.18 bits per heavy atom. The van der Waals surface area contributed by atoms with Crippen molar-refractivity contribution in [2.24, 2.45) is 5.92 Å². The number of aryl methyl sites for hydroxylation is 4. The minimum absolute atomic E-state index is 0.0256. The molecule has 7 heteroatoms. The molecular formula is C32H37N3O4. The average Bonchev–Trinajstić information content (AvgIpc) is 2.87. The zero-order valence-corrected chi connectivity index (χ0v) is 23.5. The first-order chi connectivity index (χ1) is 18.6. The molecule has 4 rings (SSSR count). The average molecular weight is 528 g/mol. The maximum atomic E-state index is 10.9. The number of hydrogen-bond acceptors (Lipinski definition) is 7. The van der Waals surface area contributed by atoms with Gasteiger partial charge in [-0.3, -0.25) is 0 Å². The highest BCUT2D eigenvalue weighted by Crippen LogP contribution is 2.34. The highest BCUT2D eigenvalue weighted by atomic mass is 16.5. The minimum atomic E-state index is -0.769. The number of nitrogens with zero attached hydrogens (tertiary/aromatic N) is 3. The van der Waals surface area contributed by atoms with Gasteiger partial charge in [0.15, 0.2) is 17.5 Å². The monoisotopic (exact) mass is 527 g/mol. The van der Waals surface area contributed by atoms with Crippen LogP contribution in [-0.2, 0) is 4.74 Å². The summed E-state index contributed by atoms with van der Waals surface area (Å²) in [6.07, 6.45) is -0.769. The van der Waals surface area contributed by atoms with Crippen molar-refractivity contribution in [3.8, 4) is 45.7 Å². The Bertz CT molecular complexity index is 1380. The molecule has 39 heavy (non-hydrogen) atoms. The van der Waals surface area contributed by atoms with Gasteiger partial charge in [-0.15, -0.1) is 0 Å². The van der Waals surface area contributed by atoms with Gasteiger partial charge in [0.2, 0.25) is 0 Å². The van der Waals surface area contributed by atoms with Crippen LogP contribution in [0.4, 0.5) is 0 Å². The number of hydrogen-bond donors (Lipinski definition) is 2. The lowest BCUT2D eigenvalue weighted by Gasteiger charge is -2.15. The maximum absolute atomic E-state index is 10.9. The number of aliphatic hydroxyl groups is 1. The van der Waals surface area contributed by atoms with Crippen molar-refractivity contribution in [1.29, 1.82) is 0 Å². The van der Waals surface area contributed by atoms with Crippen LogP contribution in [0.1, 0.15) is 36.1 Å². The molecule has 0 spiro atoms. The van der Waals surface area contributed by atoms with Gasteiger partial charge in [0.1, 0.15) is 24.2 Å². The SMILES string of the molecule is Cc1ccc(-c2nc(-c3ccc(C)cc3C)nc(-c3ccc(OCC(O)COCC(C)C)cc3O)n2)c(C)c1. The van der Waals surface area contributed by atoms with Crippen molar-refractivity contribution in [3.63, 3.8) is 0 Å². The van der Waals surface area contributed by atoms with Crippen molar-refractivity contribution < 1.29 is 19.7 Å². The standard InChI is InChI=1S/C32H37N3O4/c1-19(2)16-38-17-24(36)18-39-25-9-12-28(29(37)15-25)32-34-30(26-10-7-20(3)13-22(26)5)33-31(35-32)27-11-8-21(4)14-23(27)6/h7-15,19,24,36-37H,16-18H2,1-6H3. The van der Waals surface area contributed by atoms with Gasteiger partial charge in [-0.25, -0.2) is 15.0 Å². The molecule has 0 saturated heterocycles. The third kappa shape index (κ3) is 7.19. The molecule has 1 aromatic heterocycles. The van der Waals surface area contributed by atoms with E-state index in [2.05, 4.69) is 39.8 Å². The second kappa shape index (κ2) is 12.4. The molecule has 3 aromatic carbocycles. The number of benzene rings is 3. The van der Waals surface area contributed by atoms with Crippen LogP contribution in [0.2, 0.25) is 0 Å². The van der Waals surface area contributed by atoms with Crippen LogP contribution in [0.15, 0.2) is 54.6 Å². The molecule has 0 aliphatic heterocycles. The summed E-state index contributed by atoms with van der Waals surface area (Å²) in [6.45, 7) is 13.1. The van der Waals surface area contributed by atoms with E-state index in [0.717, 1.165) is 33.4 Å². The van der Waals surface area contributed by atoms with Crippen LogP contribution < -0.4 is 4.74 Å². The summed E-state index contributed by atoms with van der Waals surface area (Å²) < 4.78 is 11.2. The lowest BCUT2D eigenvalue weighted by Crippen LogP contribution is -2.24. The van der Waals surface area contributed by atoms with E-state index in [1.165, 1.54) is 6.07 Å². The summed E-state index contributed by atoms with van der Waals surface area (Å²) in [5.41, 5.74) is 6.70. The molecule has 0 amide bonds. The van der Waals surface area contributed by atoms with Crippen molar-refractivity contribution in [3.05, 3.63) is 76.9 Å². The molecular weight excluding hydrogens is 490 g/mol. The van der Waals surface area contributed by atoms with Gasteiger partial charge in [0.25, 0.3) is 0 Å². The highest BCUT2D eigenvalue weighted by Gasteiger charge is 2.17. The normalized spacial score (nSPS) is 12.1. The Balaban J connectivity index is 1.67. The predicted octanol–water partition coefficient (Wildman–Crippen LogP) is 6.22. The molecule has 204 valence electrons. The van der Waals surface area contributed by atoms with Gasteiger partial charge in [-0.05, 0) is 56.9 Å². The van der Waals surface area contributed by atoms with Crippen LogP contribution in [0.3, 0.4) is 0 Å². The molecule has 1 heterocycles. The third-order valence-electron chi connectivity index (χ3n) is 6.29. The van der Waals surface area contributed by atoms with E-state index >= 15 is 0 Å². The number of ether oxygens (including phenoxy) is 2. The zero-order valence-electron chi connectivity index (χ0n) is 23.5. The molecule has 1 unspecified atom stereocenters.